The number of carbonyl (C=O) groups is 3. The van der Waals surface area contributed by atoms with Crippen LogP contribution in [-0.4, -0.2) is 42.3 Å². The average Bonchev–Trinajstić information content (AvgIpc) is 2.90. The highest BCUT2D eigenvalue weighted by Crippen LogP contribution is 2.34. The van der Waals surface area contributed by atoms with Crippen molar-refractivity contribution in [2.24, 2.45) is 0 Å². The molecule has 0 unspecified atom stereocenters. The van der Waals surface area contributed by atoms with Crippen molar-refractivity contribution in [2.45, 2.75) is 6.92 Å². The molecule has 6 nitrogen and oxygen atoms in total. The van der Waals surface area contributed by atoms with Gasteiger partial charge in [0.15, 0.2) is 0 Å². The standard InChI is InChI=1S/C29H22Br2N2O4/c1-2-37-21-11-9-20(10-12-21)32(27(34)18-5-3-6-19(30)17-18)15-16-33-28(35)23-8-4-7-22-25(31)14-13-24(26(22)23)29(33)36/h3-14,17H,2,15-16H2,1H3. The summed E-state index contributed by atoms with van der Waals surface area (Å²) < 4.78 is 7.15. The van der Waals surface area contributed by atoms with E-state index in [1.807, 2.05) is 25.1 Å². The Morgan fingerprint density at radius 3 is 2.30 bits per heavy atom. The molecule has 3 amide bonds. The minimum absolute atomic E-state index is 0.0382. The SMILES string of the molecule is CCOc1ccc(N(CCN2C(=O)c3cccc4c(Br)ccc(c34)C2=O)C(=O)c2cccc(Br)c2)cc1. The van der Waals surface area contributed by atoms with Crippen LogP contribution in [0.3, 0.4) is 0 Å². The lowest BCUT2D eigenvalue weighted by Crippen LogP contribution is -2.46. The van der Waals surface area contributed by atoms with Crippen molar-refractivity contribution in [3.05, 3.63) is 104 Å². The summed E-state index contributed by atoms with van der Waals surface area (Å²) in [5, 5.41) is 1.47. The van der Waals surface area contributed by atoms with Crippen LogP contribution in [0.5, 0.6) is 5.75 Å². The first-order valence-electron chi connectivity index (χ1n) is 11.8. The molecule has 0 atom stereocenters. The predicted molar refractivity (Wildman–Crippen MR) is 150 cm³/mol. The van der Waals surface area contributed by atoms with Crippen molar-refractivity contribution in [3.63, 3.8) is 0 Å². The normalized spacial score (nSPS) is 12.7. The highest BCUT2D eigenvalue weighted by molar-refractivity contribution is 9.11. The van der Waals surface area contributed by atoms with Crippen LogP contribution < -0.4 is 9.64 Å². The minimum atomic E-state index is -0.372. The van der Waals surface area contributed by atoms with E-state index in [1.165, 1.54) is 4.90 Å². The van der Waals surface area contributed by atoms with Gasteiger partial charge in [-0.3, -0.25) is 19.3 Å². The Bertz CT molecular complexity index is 1510. The first kappa shape index (κ1) is 25.2. The fourth-order valence-electron chi connectivity index (χ4n) is 4.53. The maximum atomic E-state index is 13.6. The van der Waals surface area contributed by atoms with Gasteiger partial charge in [0.1, 0.15) is 5.75 Å². The molecule has 8 heteroatoms. The number of amides is 3. The van der Waals surface area contributed by atoms with E-state index in [9.17, 15) is 14.4 Å². The largest absolute Gasteiger partial charge is 0.494 e. The fourth-order valence-corrected chi connectivity index (χ4v) is 5.39. The summed E-state index contributed by atoms with van der Waals surface area (Å²) in [6.45, 7) is 2.60. The molecule has 0 bridgehead atoms. The van der Waals surface area contributed by atoms with Crippen molar-refractivity contribution < 1.29 is 19.1 Å². The van der Waals surface area contributed by atoms with E-state index >= 15 is 0 Å². The maximum Gasteiger partial charge on any atom is 0.261 e. The molecule has 0 aromatic heterocycles. The number of imide groups is 1. The summed E-state index contributed by atoms with van der Waals surface area (Å²) in [5.74, 6) is -0.294. The summed E-state index contributed by atoms with van der Waals surface area (Å²) in [6.07, 6.45) is 0. The van der Waals surface area contributed by atoms with Crippen LogP contribution in [0, 0.1) is 0 Å². The molecule has 4 aromatic carbocycles. The van der Waals surface area contributed by atoms with Gasteiger partial charge in [-0.2, -0.15) is 0 Å². The van der Waals surface area contributed by atoms with Crippen LogP contribution in [0.1, 0.15) is 38.0 Å². The molecule has 1 aliphatic heterocycles. The van der Waals surface area contributed by atoms with Gasteiger partial charge in [-0.25, -0.2) is 0 Å². The Balaban J connectivity index is 1.47. The quantitative estimate of drug-likeness (QED) is 0.215. The van der Waals surface area contributed by atoms with Crippen molar-refractivity contribution in [1.29, 1.82) is 0 Å². The van der Waals surface area contributed by atoms with Crippen LogP contribution in [-0.2, 0) is 0 Å². The molecule has 0 spiro atoms. The van der Waals surface area contributed by atoms with Gasteiger partial charge < -0.3 is 9.64 Å². The lowest BCUT2D eigenvalue weighted by atomic mass is 9.94. The van der Waals surface area contributed by atoms with E-state index in [0.29, 0.717) is 40.1 Å². The number of hydrogen-bond donors (Lipinski definition) is 0. The molecule has 37 heavy (non-hydrogen) atoms. The number of benzene rings is 4. The lowest BCUT2D eigenvalue weighted by molar-refractivity contribution is 0.0611. The zero-order chi connectivity index (χ0) is 26.1. The van der Waals surface area contributed by atoms with Crippen molar-refractivity contribution in [3.8, 4) is 5.75 Å². The van der Waals surface area contributed by atoms with E-state index in [-0.39, 0.29) is 30.8 Å². The van der Waals surface area contributed by atoms with Crippen LogP contribution >= 0.6 is 31.9 Å². The van der Waals surface area contributed by atoms with Gasteiger partial charge in [-0.05, 0) is 73.0 Å². The van der Waals surface area contributed by atoms with Gasteiger partial charge in [-0.1, -0.05) is 50.1 Å². The first-order chi connectivity index (χ1) is 17.9. The van der Waals surface area contributed by atoms with Crippen LogP contribution in [0.25, 0.3) is 10.8 Å². The van der Waals surface area contributed by atoms with Crippen molar-refractivity contribution >= 4 is 66.0 Å². The minimum Gasteiger partial charge on any atom is -0.494 e. The second kappa shape index (κ2) is 10.5. The summed E-state index contributed by atoms with van der Waals surface area (Å²) in [5.41, 5.74) is 2.06. The summed E-state index contributed by atoms with van der Waals surface area (Å²) in [6, 6.07) is 23.3. The number of rotatable bonds is 7. The van der Waals surface area contributed by atoms with E-state index < -0.39 is 0 Å². The van der Waals surface area contributed by atoms with Gasteiger partial charge in [-0.15, -0.1) is 0 Å². The first-order valence-corrected chi connectivity index (χ1v) is 13.4. The topological polar surface area (TPSA) is 66.9 Å². The molecule has 1 heterocycles. The second-order valence-electron chi connectivity index (χ2n) is 8.48. The van der Waals surface area contributed by atoms with E-state index in [4.69, 9.17) is 4.74 Å². The molecule has 1 aliphatic rings. The molecule has 4 aromatic rings. The Labute approximate surface area is 231 Å². The van der Waals surface area contributed by atoms with Gasteiger partial charge >= 0.3 is 0 Å². The molecule has 0 N–H and O–H groups in total. The number of anilines is 1. The van der Waals surface area contributed by atoms with Crippen molar-refractivity contribution in [1.82, 2.24) is 4.90 Å². The zero-order valence-electron chi connectivity index (χ0n) is 19.9. The van der Waals surface area contributed by atoms with Crippen LogP contribution in [0.4, 0.5) is 5.69 Å². The third kappa shape index (κ3) is 4.79. The maximum absolute atomic E-state index is 13.6. The number of ether oxygens (including phenoxy) is 1. The molecule has 0 saturated carbocycles. The highest BCUT2D eigenvalue weighted by Gasteiger charge is 2.33. The van der Waals surface area contributed by atoms with Gasteiger partial charge in [0.25, 0.3) is 17.7 Å². The van der Waals surface area contributed by atoms with Gasteiger partial charge in [0, 0.05) is 49.8 Å². The number of halogens is 2. The smallest absolute Gasteiger partial charge is 0.261 e. The third-order valence-electron chi connectivity index (χ3n) is 6.26. The summed E-state index contributed by atoms with van der Waals surface area (Å²) in [7, 11) is 0. The molecule has 0 radical (unpaired) electrons. The monoisotopic (exact) mass is 620 g/mol. The van der Waals surface area contributed by atoms with E-state index in [0.717, 1.165) is 14.3 Å². The molecular formula is C29H22Br2N2O4. The fraction of sp³-hybridized carbons (Fsp3) is 0.138. The van der Waals surface area contributed by atoms with E-state index in [1.54, 1.807) is 65.6 Å². The number of hydrogen-bond acceptors (Lipinski definition) is 4. The predicted octanol–water partition coefficient (Wildman–Crippen LogP) is 6.71. The zero-order valence-corrected chi connectivity index (χ0v) is 23.1. The van der Waals surface area contributed by atoms with Crippen LogP contribution in [0.2, 0.25) is 0 Å². The molecule has 0 fully saturated rings. The number of nitrogens with zero attached hydrogens (tertiary/aromatic N) is 2. The van der Waals surface area contributed by atoms with Gasteiger partial charge in [0.05, 0.1) is 6.61 Å². The summed E-state index contributed by atoms with van der Waals surface area (Å²) in [4.78, 5) is 43.3. The lowest BCUT2D eigenvalue weighted by Gasteiger charge is -2.30. The van der Waals surface area contributed by atoms with Gasteiger partial charge in [0.2, 0.25) is 0 Å². The summed E-state index contributed by atoms with van der Waals surface area (Å²) >= 11 is 6.94. The molecule has 0 saturated heterocycles. The Morgan fingerprint density at radius 2 is 1.59 bits per heavy atom. The average molecular weight is 622 g/mol. The molecule has 0 aliphatic carbocycles. The second-order valence-corrected chi connectivity index (χ2v) is 10.2. The van der Waals surface area contributed by atoms with Crippen LogP contribution in [0.15, 0.2) is 87.8 Å². The Kier molecular flexibility index (Phi) is 7.13. The Hall–Kier alpha value is -3.49. The van der Waals surface area contributed by atoms with Crippen molar-refractivity contribution in [2.75, 3.05) is 24.6 Å². The number of carbonyl (C=O) groups excluding carboxylic acids is 3. The highest BCUT2D eigenvalue weighted by atomic mass is 79.9. The Morgan fingerprint density at radius 1 is 0.892 bits per heavy atom. The molecule has 5 rings (SSSR count). The van der Waals surface area contributed by atoms with E-state index in [2.05, 4.69) is 31.9 Å². The third-order valence-corrected chi connectivity index (χ3v) is 7.45. The molecular weight excluding hydrogens is 600 g/mol. The molecule has 186 valence electrons.